The van der Waals surface area contributed by atoms with Gasteiger partial charge in [0.25, 0.3) is 0 Å². The Bertz CT molecular complexity index is 634. The van der Waals surface area contributed by atoms with Crippen LogP contribution >= 0.6 is 0 Å². The van der Waals surface area contributed by atoms with Crippen LogP contribution in [0.25, 0.3) is 0 Å². The molecule has 0 aromatic heterocycles. The highest BCUT2D eigenvalue weighted by atomic mass is 32.2. The molecule has 1 aromatic rings. The van der Waals surface area contributed by atoms with Crippen LogP contribution in [-0.4, -0.2) is 51.4 Å². The number of aryl methyl sites for hydroxylation is 1. The van der Waals surface area contributed by atoms with E-state index in [2.05, 4.69) is 4.90 Å². The molecule has 0 unspecified atom stereocenters. The molecule has 1 aliphatic rings. The third kappa shape index (κ3) is 3.41. The zero-order valence-electron chi connectivity index (χ0n) is 12.4. The maximum atomic E-state index is 13.8. The molecule has 1 aliphatic heterocycles. The van der Waals surface area contributed by atoms with Gasteiger partial charge >= 0.3 is 0 Å². The Labute approximate surface area is 124 Å². The van der Waals surface area contributed by atoms with E-state index in [-0.39, 0.29) is 11.5 Å². The number of rotatable bonds is 4. The van der Waals surface area contributed by atoms with Crippen molar-refractivity contribution in [2.75, 3.05) is 33.7 Å². The molecule has 118 valence electrons. The molecule has 0 spiro atoms. The predicted octanol–water partition coefficient (Wildman–Crippen LogP) is 1.85. The first-order valence-electron chi connectivity index (χ1n) is 6.82. The van der Waals surface area contributed by atoms with E-state index in [4.69, 9.17) is 0 Å². The van der Waals surface area contributed by atoms with Crippen molar-refractivity contribution in [3.8, 4) is 0 Å². The fourth-order valence-corrected chi connectivity index (χ4v) is 4.01. The zero-order chi connectivity index (χ0) is 15.8. The highest BCUT2D eigenvalue weighted by Gasteiger charge is 2.29. The minimum atomic E-state index is -3.94. The lowest BCUT2D eigenvalue weighted by Gasteiger charge is -2.21. The Morgan fingerprint density at radius 1 is 1.33 bits per heavy atom. The van der Waals surface area contributed by atoms with Gasteiger partial charge in [-0.25, -0.2) is 21.5 Å². The van der Waals surface area contributed by atoms with E-state index < -0.39 is 26.6 Å². The van der Waals surface area contributed by atoms with Gasteiger partial charge in [0, 0.05) is 26.2 Å². The third-order valence-electron chi connectivity index (χ3n) is 3.91. The van der Waals surface area contributed by atoms with Gasteiger partial charge in [-0.2, -0.15) is 0 Å². The lowest BCUT2D eigenvalue weighted by atomic mass is 10.1. The van der Waals surface area contributed by atoms with E-state index in [9.17, 15) is 17.2 Å². The summed E-state index contributed by atoms with van der Waals surface area (Å²) in [5, 5.41) is 0. The molecule has 0 bridgehead atoms. The summed E-state index contributed by atoms with van der Waals surface area (Å²) in [6, 6.07) is 1.68. The molecular formula is C14H20F2N2O2S. The van der Waals surface area contributed by atoms with Crippen molar-refractivity contribution in [2.45, 2.75) is 18.2 Å². The lowest BCUT2D eigenvalue weighted by Crippen LogP contribution is -2.33. The molecule has 21 heavy (non-hydrogen) atoms. The molecule has 1 saturated heterocycles. The monoisotopic (exact) mass is 318 g/mol. The number of benzene rings is 1. The van der Waals surface area contributed by atoms with E-state index in [1.807, 2.05) is 7.05 Å². The first-order chi connectivity index (χ1) is 9.71. The predicted molar refractivity (Wildman–Crippen MR) is 76.5 cm³/mol. The topological polar surface area (TPSA) is 40.6 Å². The van der Waals surface area contributed by atoms with Gasteiger partial charge in [0.2, 0.25) is 10.0 Å². The summed E-state index contributed by atoms with van der Waals surface area (Å²) in [4.78, 5) is 1.67. The SMILES string of the molecule is Cc1cc(S(=O)(=O)N(C)C[C@@H]2CCN(C)C2)c(F)cc1F. The number of likely N-dealkylation sites (tertiary alicyclic amines) is 1. The van der Waals surface area contributed by atoms with Crippen LogP contribution in [0.1, 0.15) is 12.0 Å². The first-order valence-corrected chi connectivity index (χ1v) is 8.26. The summed E-state index contributed by atoms with van der Waals surface area (Å²) in [7, 11) is -0.521. The molecule has 0 aliphatic carbocycles. The van der Waals surface area contributed by atoms with Crippen molar-refractivity contribution in [3.05, 3.63) is 29.3 Å². The Kier molecular flexibility index (Phi) is 4.65. The van der Waals surface area contributed by atoms with Gasteiger partial charge in [-0.15, -0.1) is 0 Å². The van der Waals surface area contributed by atoms with Gasteiger partial charge in [0.05, 0.1) is 0 Å². The van der Waals surface area contributed by atoms with E-state index in [0.717, 1.165) is 29.9 Å². The second-order valence-electron chi connectivity index (χ2n) is 5.73. The molecule has 7 heteroatoms. The summed E-state index contributed by atoms with van der Waals surface area (Å²) in [6.07, 6.45) is 0.918. The largest absolute Gasteiger partial charge is 0.306 e. The standard InChI is InChI=1S/C14H20F2N2O2S/c1-10-6-14(13(16)7-12(10)15)21(19,20)18(3)9-11-4-5-17(2)8-11/h6-7,11H,4-5,8-9H2,1-3H3/t11-/m1/s1. The van der Waals surface area contributed by atoms with Crippen molar-refractivity contribution in [2.24, 2.45) is 5.92 Å². The highest BCUT2D eigenvalue weighted by Crippen LogP contribution is 2.24. The molecule has 1 atom stereocenters. The second-order valence-corrected chi connectivity index (χ2v) is 7.75. The minimum absolute atomic E-state index is 0.115. The van der Waals surface area contributed by atoms with Crippen molar-refractivity contribution < 1.29 is 17.2 Å². The van der Waals surface area contributed by atoms with Gasteiger partial charge < -0.3 is 4.90 Å². The van der Waals surface area contributed by atoms with E-state index in [1.165, 1.54) is 14.0 Å². The van der Waals surface area contributed by atoms with Crippen molar-refractivity contribution in [1.82, 2.24) is 9.21 Å². The second kappa shape index (κ2) is 5.98. The maximum Gasteiger partial charge on any atom is 0.245 e. The molecule has 1 aromatic carbocycles. The Hall–Kier alpha value is -1.05. The molecule has 0 N–H and O–H groups in total. The summed E-state index contributed by atoms with van der Waals surface area (Å²) in [5.74, 6) is -1.56. The van der Waals surface area contributed by atoms with Crippen LogP contribution in [0, 0.1) is 24.5 Å². The van der Waals surface area contributed by atoms with Crippen molar-refractivity contribution in [3.63, 3.8) is 0 Å². The Morgan fingerprint density at radius 3 is 2.57 bits per heavy atom. The smallest absolute Gasteiger partial charge is 0.245 e. The van der Waals surface area contributed by atoms with Crippen LogP contribution in [-0.2, 0) is 10.0 Å². The highest BCUT2D eigenvalue weighted by molar-refractivity contribution is 7.89. The number of hydrogen-bond donors (Lipinski definition) is 0. The third-order valence-corrected chi connectivity index (χ3v) is 5.74. The quantitative estimate of drug-likeness (QED) is 0.851. The fourth-order valence-electron chi connectivity index (χ4n) is 2.63. The minimum Gasteiger partial charge on any atom is -0.306 e. The van der Waals surface area contributed by atoms with Crippen molar-refractivity contribution >= 4 is 10.0 Å². The fraction of sp³-hybridized carbons (Fsp3) is 0.571. The summed E-state index contributed by atoms with van der Waals surface area (Å²) in [6.45, 7) is 3.51. The van der Waals surface area contributed by atoms with Gasteiger partial charge in [-0.1, -0.05) is 0 Å². The molecule has 1 fully saturated rings. The number of nitrogens with zero attached hydrogens (tertiary/aromatic N) is 2. The van der Waals surface area contributed by atoms with Crippen LogP contribution in [0.5, 0.6) is 0 Å². The van der Waals surface area contributed by atoms with Gasteiger partial charge in [-0.05, 0) is 44.5 Å². The average molecular weight is 318 g/mol. The van der Waals surface area contributed by atoms with Crippen LogP contribution in [0.4, 0.5) is 8.78 Å². The Morgan fingerprint density at radius 2 is 2.00 bits per heavy atom. The molecular weight excluding hydrogens is 298 g/mol. The average Bonchev–Trinajstić information content (AvgIpc) is 2.79. The molecule has 0 saturated carbocycles. The molecule has 0 amide bonds. The molecule has 2 rings (SSSR count). The molecule has 1 heterocycles. The lowest BCUT2D eigenvalue weighted by molar-refractivity contribution is 0.356. The maximum absolute atomic E-state index is 13.8. The van der Waals surface area contributed by atoms with Gasteiger partial charge in [0.1, 0.15) is 16.5 Å². The van der Waals surface area contributed by atoms with Crippen LogP contribution in [0.15, 0.2) is 17.0 Å². The van der Waals surface area contributed by atoms with Crippen molar-refractivity contribution in [1.29, 1.82) is 0 Å². The number of sulfonamides is 1. The van der Waals surface area contributed by atoms with Crippen LogP contribution in [0.2, 0.25) is 0 Å². The van der Waals surface area contributed by atoms with E-state index in [0.29, 0.717) is 12.6 Å². The zero-order valence-corrected chi connectivity index (χ0v) is 13.3. The number of halogens is 2. The first kappa shape index (κ1) is 16.3. The van der Waals surface area contributed by atoms with Gasteiger partial charge in [-0.3, -0.25) is 0 Å². The summed E-state index contributed by atoms with van der Waals surface area (Å²) in [5.41, 5.74) is 0.115. The molecule has 0 radical (unpaired) electrons. The summed E-state index contributed by atoms with van der Waals surface area (Å²) < 4.78 is 53.1. The van der Waals surface area contributed by atoms with Gasteiger partial charge in [0.15, 0.2) is 0 Å². The van der Waals surface area contributed by atoms with Crippen LogP contribution < -0.4 is 0 Å². The van der Waals surface area contributed by atoms with Crippen LogP contribution in [0.3, 0.4) is 0 Å². The molecule has 4 nitrogen and oxygen atoms in total. The number of hydrogen-bond acceptors (Lipinski definition) is 3. The van der Waals surface area contributed by atoms with E-state index >= 15 is 0 Å². The normalized spacial score (nSPS) is 20.4. The van der Waals surface area contributed by atoms with E-state index in [1.54, 1.807) is 0 Å². The summed E-state index contributed by atoms with van der Waals surface area (Å²) >= 11 is 0. The Balaban J connectivity index is 2.23.